The minimum Gasteiger partial charge on any atom is -0.481 e. The molecular formula is C19H19N3O3S. The molecule has 0 aliphatic rings. The molecule has 2 amide bonds. The largest absolute Gasteiger partial charge is 0.481 e. The van der Waals surface area contributed by atoms with Crippen molar-refractivity contribution < 1.29 is 14.3 Å². The molecule has 0 aliphatic carbocycles. The number of benzene rings is 2. The molecule has 2 N–H and O–H groups in total. The molecule has 7 heteroatoms. The van der Waals surface area contributed by atoms with Gasteiger partial charge in [-0.3, -0.25) is 9.59 Å². The van der Waals surface area contributed by atoms with Crippen molar-refractivity contribution in [2.45, 2.75) is 26.4 Å². The van der Waals surface area contributed by atoms with Crippen LogP contribution in [0.25, 0.3) is 10.2 Å². The number of rotatable bonds is 6. The first-order valence-electron chi connectivity index (χ1n) is 8.28. The van der Waals surface area contributed by atoms with Crippen LogP contribution >= 0.6 is 11.3 Å². The molecule has 26 heavy (non-hydrogen) atoms. The van der Waals surface area contributed by atoms with Crippen molar-refractivity contribution in [2.24, 2.45) is 0 Å². The van der Waals surface area contributed by atoms with E-state index in [1.807, 2.05) is 24.3 Å². The third kappa shape index (κ3) is 4.37. The van der Waals surface area contributed by atoms with Gasteiger partial charge in [0.1, 0.15) is 5.75 Å². The summed E-state index contributed by atoms with van der Waals surface area (Å²) in [4.78, 5) is 28.2. The van der Waals surface area contributed by atoms with E-state index in [9.17, 15) is 9.59 Å². The van der Waals surface area contributed by atoms with E-state index < -0.39 is 6.10 Å². The Balaban J connectivity index is 1.68. The Morgan fingerprint density at radius 2 is 1.92 bits per heavy atom. The van der Waals surface area contributed by atoms with Crippen LogP contribution in [0.3, 0.4) is 0 Å². The van der Waals surface area contributed by atoms with Crippen LogP contribution in [0.4, 0.5) is 10.8 Å². The maximum Gasteiger partial charge on any atom is 0.265 e. The lowest BCUT2D eigenvalue weighted by molar-refractivity contribution is -0.122. The van der Waals surface area contributed by atoms with Gasteiger partial charge in [0.15, 0.2) is 11.2 Å². The van der Waals surface area contributed by atoms with Crippen molar-refractivity contribution in [2.75, 3.05) is 10.6 Å². The first kappa shape index (κ1) is 17.9. The van der Waals surface area contributed by atoms with Gasteiger partial charge >= 0.3 is 0 Å². The molecule has 0 bridgehead atoms. The summed E-state index contributed by atoms with van der Waals surface area (Å²) in [6, 6.07) is 14.6. The van der Waals surface area contributed by atoms with E-state index in [-0.39, 0.29) is 11.8 Å². The number of thiazole rings is 1. The SMILES string of the molecule is CCC(=O)Nc1nc2cc(NC(=O)C(C)Oc3ccccc3)ccc2s1. The van der Waals surface area contributed by atoms with E-state index in [2.05, 4.69) is 15.6 Å². The first-order valence-corrected chi connectivity index (χ1v) is 9.10. The molecule has 6 nitrogen and oxygen atoms in total. The third-order valence-electron chi connectivity index (χ3n) is 3.65. The third-order valence-corrected chi connectivity index (χ3v) is 4.60. The fourth-order valence-corrected chi connectivity index (χ4v) is 3.13. The van der Waals surface area contributed by atoms with Gasteiger partial charge in [-0.05, 0) is 37.3 Å². The number of amides is 2. The normalized spacial score (nSPS) is 11.8. The highest BCUT2D eigenvalue weighted by Gasteiger charge is 2.15. The van der Waals surface area contributed by atoms with E-state index in [1.54, 1.807) is 38.1 Å². The maximum absolute atomic E-state index is 12.3. The Kier molecular flexibility index (Phi) is 5.48. The predicted octanol–water partition coefficient (Wildman–Crippen LogP) is 4.05. The van der Waals surface area contributed by atoms with Gasteiger partial charge in [-0.25, -0.2) is 4.98 Å². The zero-order chi connectivity index (χ0) is 18.5. The molecule has 1 atom stereocenters. The van der Waals surface area contributed by atoms with Crippen molar-refractivity contribution in [1.29, 1.82) is 0 Å². The molecule has 3 rings (SSSR count). The van der Waals surface area contributed by atoms with Crippen LogP contribution in [-0.4, -0.2) is 22.9 Å². The minimum atomic E-state index is -0.636. The standard InChI is InChI=1S/C19H19N3O3S/c1-3-17(23)22-19-21-15-11-13(9-10-16(15)26-19)20-18(24)12(2)25-14-7-5-4-6-8-14/h4-12H,3H2,1-2H3,(H,20,24)(H,21,22,23). The number of nitrogens with zero attached hydrogens (tertiary/aromatic N) is 1. The molecule has 1 heterocycles. The number of carbonyl (C=O) groups is 2. The second-order valence-corrected chi connectivity index (χ2v) is 6.70. The Bertz CT molecular complexity index is 924. The Morgan fingerprint density at radius 1 is 1.15 bits per heavy atom. The summed E-state index contributed by atoms with van der Waals surface area (Å²) < 4.78 is 6.56. The molecule has 2 aromatic carbocycles. The van der Waals surface area contributed by atoms with Gasteiger partial charge in [0.2, 0.25) is 5.91 Å². The van der Waals surface area contributed by atoms with Gasteiger partial charge in [-0.15, -0.1) is 0 Å². The van der Waals surface area contributed by atoms with Gasteiger partial charge in [0.05, 0.1) is 10.2 Å². The Labute approximate surface area is 155 Å². The number of aromatic nitrogens is 1. The summed E-state index contributed by atoms with van der Waals surface area (Å²) in [6.45, 7) is 3.48. The highest BCUT2D eigenvalue weighted by molar-refractivity contribution is 7.22. The summed E-state index contributed by atoms with van der Waals surface area (Å²) in [6.07, 6.45) is -0.237. The Morgan fingerprint density at radius 3 is 2.65 bits per heavy atom. The number of anilines is 2. The summed E-state index contributed by atoms with van der Waals surface area (Å²) in [5.74, 6) is 0.314. The van der Waals surface area contributed by atoms with Gasteiger partial charge in [-0.2, -0.15) is 0 Å². The number of nitrogens with one attached hydrogen (secondary N) is 2. The lowest BCUT2D eigenvalue weighted by Gasteiger charge is -2.14. The molecule has 0 saturated heterocycles. The van der Waals surface area contributed by atoms with Crippen molar-refractivity contribution in [3.63, 3.8) is 0 Å². The molecule has 0 spiro atoms. The van der Waals surface area contributed by atoms with E-state index in [0.29, 0.717) is 23.0 Å². The summed E-state index contributed by atoms with van der Waals surface area (Å²) >= 11 is 1.40. The summed E-state index contributed by atoms with van der Waals surface area (Å²) in [5, 5.41) is 6.13. The number of hydrogen-bond donors (Lipinski definition) is 2. The predicted molar refractivity (Wildman–Crippen MR) is 104 cm³/mol. The molecule has 0 aliphatic heterocycles. The Hall–Kier alpha value is -2.93. The fraction of sp³-hybridized carbons (Fsp3) is 0.211. The summed E-state index contributed by atoms with van der Waals surface area (Å²) in [7, 11) is 0. The van der Waals surface area contributed by atoms with Gasteiger partial charge in [0.25, 0.3) is 5.91 Å². The van der Waals surface area contributed by atoms with Crippen LogP contribution in [-0.2, 0) is 9.59 Å². The quantitative estimate of drug-likeness (QED) is 0.687. The van der Waals surface area contributed by atoms with Crippen LogP contribution < -0.4 is 15.4 Å². The monoisotopic (exact) mass is 369 g/mol. The van der Waals surface area contributed by atoms with Crippen molar-refractivity contribution in [3.05, 3.63) is 48.5 Å². The van der Waals surface area contributed by atoms with Crippen LogP contribution in [0.2, 0.25) is 0 Å². The molecule has 1 aromatic heterocycles. The topological polar surface area (TPSA) is 80.3 Å². The van der Waals surface area contributed by atoms with Crippen LogP contribution in [0.15, 0.2) is 48.5 Å². The zero-order valence-electron chi connectivity index (χ0n) is 14.5. The second-order valence-electron chi connectivity index (χ2n) is 5.67. The maximum atomic E-state index is 12.3. The molecule has 0 radical (unpaired) electrons. The van der Waals surface area contributed by atoms with Crippen LogP contribution in [0, 0.1) is 0 Å². The molecule has 0 saturated carbocycles. The van der Waals surface area contributed by atoms with Crippen molar-refractivity contribution in [3.8, 4) is 5.75 Å². The average Bonchev–Trinajstić information content (AvgIpc) is 3.03. The van der Waals surface area contributed by atoms with E-state index >= 15 is 0 Å². The smallest absolute Gasteiger partial charge is 0.265 e. The highest BCUT2D eigenvalue weighted by atomic mass is 32.1. The van der Waals surface area contributed by atoms with Gasteiger partial charge < -0.3 is 15.4 Å². The fourth-order valence-electron chi connectivity index (χ4n) is 2.27. The molecule has 134 valence electrons. The lowest BCUT2D eigenvalue weighted by atomic mass is 10.2. The lowest BCUT2D eigenvalue weighted by Crippen LogP contribution is -2.30. The van der Waals surface area contributed by atoms with E-state index in [4.69, 9.17) is 4.74 Å². The number of fused-ring (bicyclic) bond motifs is 1. The van der Waals surface area contributed by atoms with Gasteiger partial charge in [0, 0.05) is 12.1 Å². The van der Waals surface area contributed by atoms with Crippen molar-refractivity contribution in [1.82, 2.24) is 4.98 Å². The average molecular weight is 369 g/mol. The molecule has 0 fully saturated rings. The van der Waals surface area contributed by atoms with Crippen LogP contribution in [0.5, 0.6) is 5.75 Å². The minimum absolute atomic E-state index is 0.0792. The van der Waals surface area contributed by atoms with E-state index in [0.717, 1.165) is 10.2 Å². The highest BCUT2D eigenvalue weighted by Crippen LogP contribution is 2.28. The second kappa shape index (κ2) is 7.97. The first-order chi connectivity index (χ1) is 12.5. The number of hydrogen-bond acceptors (Lipinski definition) is 5. The number of para-hydroxylation sites is 1. The molecular weight excluding hydrogens is 350 g/mol. The van der Waals surface area contributed by atoms with Crippen LogP contribution in [0.1, 0.15) is 20.3 Å². The zero-order valence-corrected chi connectivity index (χ0v) is 15.3. The number of ether oxygens (including phenoxy) is 1. The van der Waals surface area contributed by atoms with E-state index in [1.165, 1.54) is 11.3 Å². The molecule has 1 unspecified atom stereocenters. The molecule has 3 aromatic rings. The van der Waals surface area contributed by atoms with Gasteiger partial charge in [-0.1, -0.05) is 36.5 Å². The van der Waals surface area contributed by atoms with Crippen molar-refractivity contribution >= 4 is 44.2 Å². The number of carbonyl (C=O) groups excluding carboxylic acids is 2. The summed E-state index contributed by atoms with van der Waals surface area (Å²) in [5.41, 5.74) is 1.35.